The van der Waals surface area contributed by atoms with E-state index in [1.165, 1.54) is 31.4 Å². The third-order valence-electron chi connectivity index (χ3n) is 2.80. The second kappa shape index (κ2) is 6.25. The van der Waals surface area contributed by atoms with E-state index < -0.39 is 11.8 Å². The minimum Gasteiger partial charge on any atom is -0.497 e. The lowest BCUT2D eigenvalue weighted by Crippen LogP contribution is -2.04. The monoisotopic (exact) mass is 297 g/mol. The molecule has 106 valence electrons. The van der Waals surface area contributed by atoms with Crippen molar-refractivity contribution in [3.63, 3.8) is 0 Å². The minimum absolute atomic E-state index is 0. The number of rotatable bonds is 3. The van der Waals surface area contributed by atoms with E-state index in [0.29, 0.717) is 11.3 Å². The molecular weight excluding hydrogens is 285 g/mol. The Hall–Kier alpha value is -2.27. The van der Waals surface area contributed by atoms with Gasteiger partial charge in [-0.2, -0.15) is 0 Å². The quantitative estimate of drug-likeness (QED) is 0.853. The number of ether oxygens (including phenoxy) is 1. The Morgan fingerprint density at radius 2 is 1.95 bits per heavy atom. The van der Waals surface area contributed by atoms with Crippen molar-refractivity contribution >= 4 is 24.1 Å². The number of benzene rings is 2. The maximum atomic E-state index is 14.0. The summed E-state index contributed by atoms with van der Waals surface area (Å²) in [6.45, 7) is 0. The third kappa shape index (κ3) is 2.83. The number of anilines is 1. The van der Waals surface area contributed by atoms with Crippen molar-refractivity contribution in [2.24, 2.45) is 0 Å². The van der Waals surface area contributed by atoms with Crippen molar-refractivity contribution < 1.29 is 19.0 Å². The van der Waals surface area contributed by atoms with Crippen LogP contribution in [0.4, 0.5) is 10.1 Å². The first-order valence-corrected chi connectivity index (χ1v) is 5.50. The number of para-hydroxylation sites is 1. The van der Waals surface area contributed by atoms with Gasteiger partial charge in [-0.15, -0.1) is 12.4 Å². The van der Waals surface area contributed by atoms with E-state index in [1.54, 1.807) is 12.1 Å². The molecule has 0 saturated carbocycles. The molecule has 0 atom stereocenters. The molecule has 2 aromatic rings. The molecule has 0 amide bonds. The molecular formula is C14H13ClFNO3. The maximum absolute atomic E-state index is 14.0. The summed E-state index contributed by atoms with van der Waals surface area (Å²) in [5, 5.41) is 8.99. The molecule has 0 aliphatic rings. The number of methoxy groups -OCH3 is 1. The van der Waals surface area contributed by atoms with Crippen LogP contribution < -0.4 is 10.5 Å². The summed E-state index contributed by atoms with van der Waals surface area (Å²) in [5.41, 5.74) is 6.35. The summed E-state index contributed by atoms with van der Waals surface area (Å²) in [6, 6.07) is 8.80. The molecule has 6 heteroatoms. The largest absolute Gasteiger partial charge is 0.497 e. The summed E-state index contributed by atoms with van der Waals surface area (Å²) in [4.78, 5) is 11.0. The Kier molecular flexibility index (Phi) is 4.94. The predicted octanol–water partition coefficient (Wildman–Crippen LogP) is 3.20. The maximum Gasteiger partial charge on any atom is 0.337 e. The van der Waals surface area contributed by atoms with Crippen molar-refractivity contribution in [1.29, 1.82) is 0 Å². The smallest absolute Gasteiger partial charge is 0.337 e. The molecule has 0 aliphatic carbocycles. The number of carboxylic acids is 1. The number of hydrogen-bond donors (Lipinski definition) is 2. The number of halogens is 2. The highest BCUT2D eigenvalue weighted by molar-refractivity contribution is 5.98. The summed E-state index contributed by atoms with van der Waals surface area (Å²) < 4.78 is 18.9. The van der Waals surface area contributed by atoms with Crippen LogP contribution in [0.15, 0.2) is 36.4 Å². The van der Waals surface area contributed by atoms with Gasteiger partial charge in [-0.3, -0.25) is 0 Å². The molecule has 20 heavy (non-hydrogen) atoms. The normalized spacial score (nSPS) is 9.70. The van der Waals surface area contributed by atoms with E-state index in [0.717, 1.165) is 0 Å². The van der Waals surface area contributed by atoms with Gasteiger partial charge in [0.1, 0.15) is 11.6 Å². The lowest BCUT2D eigenvalue weighted by atomic mass is 9.99. The number of nitrogens with two attached hydrogens (primary N) is 1. The van der Waals surface area contributed by atoms with Crippen LogP contribution in [0.5, 0.6) is 5.75 Å². The number of nitrogen functional groups attached to an aromatic ring is 1. The average Bonchev–Trinajstić information content (AvgIpc) is 2.39. The highest BCUT2D eigenvalue weighted by atomic mass is 35.5. The van der Waals surface area contributed by atoms with E-state index in [2.05, 4.69) is 0 Å². The van der Waals surface area contributed by atoms with Crippen LogP contribution in [0.1, 0.15) is 10.4 Å². The lowest BCUT2D eigenvalue weighted by molar-refractivity contribution is 0.0698. The molecule has 0 radical (unpaired) electrons. The summed E-state index contributed by atoms with van der Waals surface area (Å²) in [6.07, 6.45) is 0. The zero-order valence-corrected chi connectivity index (χ0v) is 11.4. The van der Waals surface area contributed by atoms with Gasteiger partial charge < -0.3 is 15.6 Å². The molecule has 0 fully saturated rings. The van der Waals surface area contributed by atoms with Gasteiger partial charge in [0, 0.05) is 17.2 Å². The molecule has 0 aliphatic heterocycles. The molecule has 2 aromatic carbocycles. The standard InChI is InChI=1S/C14H12FNO3.ClH/c1-19-8-5-6-9(12(15)7-8)10-3-2-4-11(13(10)16)14(17)18;/h2-7H,16H2,1H3,(H,17,18);1H. The van der Waals surface area contributed by atoms with Gasteiger partial charge in [0.15, 0.2) is 0 Å². The fraction of sp³-hybridized carbons (Fsp3) is 0.0714. The molecule has 0 bridgehead atoms. The van der Waals surface area contributed by atoms with Gasteiger partial charge in [0.05, 0.1) is 18.4 Å². The second-order valence-electron chi connectivity index (χ2n) is 3.92. The Bertz CT molecular complexity index is 646. The van der Waals surface area contributed by atoms with Crippen LogP contribution in [-0.4, -0.2) is 18.2 Å². The highest BCUT2D eigenvalue weighted by Crippen LogP contribution is 2.32. The van der Waals surface area contributed by atoms with Gasteiger partial charge >= 0.3 is 5.97 Å². The van der Waals surface area contributed by atoms with E-state index in [9.17, 15) is 9.18 Å². The zero-order chi connectivity index (χ0) is 14.0. The van der Waals surface area contributed by atoms with Gasteiger partial charge in [-0.1, -0.05) is 12.1 Å². The van der Waals surface area contributed by atoms with Crippen LogP contribution >= 0.6 is 12.4 Å². The van der Waals surface area contributed by atoms with E-state index in [1.807, 2.05) is 0 Å². The molecule has 0 spiro atoms. The Labute approximate surface area is 121 Å². The first-order valence-electron chi connectivity index (χ1n) is 5.50. The molecule has 0 saturated heterocycles. The van der Waals surface area contributed by atoms with Crippen LogP contribution in [0.2, 0.25) is 0 Å². The molecule has 0 unspecified atom stereocenters. The number of aromatic carboxylic acids is 1. The minimum atomic E-state index is -1.15. The third-order valence-corrected chi connectivity index (χ3v) is 2.80. The second-order valence-corrected chi connectivity index (χ2v) is 3.92. The van der Waals surface area contributed by atoms with Gasteiger partial charge in [-0.25, -0.2) is 9.18 Å². The summed E-state index contributed by atoms with van der Waals surface area (Å²) in [5.74, 6) is -1.28. The molecule has 4 nitrogen and oxygen atoms in total. The van der Waals surface area contributed by atoms with Crippen molar-refractivity contribution in [3.05, 3.63) is 47.8 Å². The fourth-order valence-corrected chi connectivity index (χ4v) is 1.83. The van der Waals surface area contributed by atoms with Crippen molar-refractivity contribution in [2.75, 3.05) is 12.8 Å². The predicted molar refractivity (Wildman–Crippen MR) is 77.0 cm³/mol. The Morgan fingerprint density at radius 1 is 1.25 bits per heavy atom. The zero-order valence-electron chi connectivity index (χ0n) is 10.6. The molecule has 3 N–H and O–H groups in total. The lowest BCUT2D eigenvalue weighted by Gasteiger charge is -2.10. The SMILES string of the molecule is COc1ccc(-c2cccc(C(=O)O)c2N)c(F)c1.Cl. The van der Waals surface area contributed by atoms with Crippen molar-refractivity contribution in [1.82, 2.24) is 0 Å². The van der Waals surface area contributed by atoms with Crippen LogP contribution in [0.25, 0.3) is 11.1 Å². The van der Waals surface area contributed by atoms with E-state index in [-0.39, 0.29) is 29.2 Å². The van der Waals surface area contributed by atoms with Crippen molar-refractivity contribution in [2.45, 2.75) is 0 Å². The van der Waals surface area contributed by atoms with Gasteiger partial charge in [-0.05, 0) is 18.2 Å². The first-order chi connectivity index (χ1) is 9.04. The molecule has 0 heterocycles. The summed E-state index contributed by atoms with van der Waals surface area (Å²) >= 11 is 0. The van der Waals surface area contributed by atoms with E-state index in [4.69, 9.17) is 15.6 Å². The Balaban J connectivity index is 0.00000200. The van der Waals surface area contributed by atoms with Gasteiger partial charge in [0.25, 0.3) is 0 Å². The topological polar surface area (TPSA) is 72.5 Å². The fourth-order valence-electron chi connectivity index (χ4n) is 1.83. The number of carboxylic acid groups (broad SMARTS) is 1. The van der Waals surface area contributed by atoms with Crippen LogP contribution in [0, 0.1) is 5.82 Å². The van der Waals surface area contributed by atoms with Crippen molar-refractivity contribution in [3.8, 4) is 16.9 Å². The summed E-state index contributed by atoms with van der Waals surface area (Å²) in [7, 11) is 1.44. The first kappa shape index (κ1) is 15.8. The van der Waals surface area contributed by atoms with E-state index >= 15 is 0 Å². The number of carbonyl (C=O) groups is 1. The van der Waals surface area contributed by atoms with Gasteiger partial charge in [0.2, 0.25) is 0 Å². The molecule has 0 aromatic heterocycles. The van der Waals surface area contributed by atoms with Crippen LogP contribution in [-0.2, 0) is 0 Å². The Morgan fingerprint density at radius 3 is 2.50 bits per heavy atom. The highest BCUT2D eigenvalue weighted by Gasteiger charge is 2.15. The molecule has 2 rings (SSSR count). The number of hydrogen-bond acceptors (Lipinski definition) is 3. The average molecular weight is 298 g/mol. The van der Waals surface area contributed by atoms with Crippen LogP contribution in [0.3, 0.4) is 0 Å².